The Hall–Kier alpha value is -1.35. The minimum atomic E-state index is 0.221. The van der Waals surface area contributed by atoms with Crippen LogP contribution in [0.15, 0.2) is 24.3 Å². The first-order chi connectivity index (χ1) is 9.65. The predicted octanol–water partition coefficient (Wildman–Crippen LogP) is 2.52. The summed E-state index contributed by atoms with van der Waals surface area (Å²) in [4.78, 5) is 14.4. The minimum absolute atomic E-state index is 0.221. The molecule has 3 heteroatoms. The van der Waals surface area contributed by atoms with Crippen molar-refractivity contribution in [2.45, 2.75) is 45.2 Å². The Kier molecular flexibility index (Phi) is 3.79. The standard InChI is InChI=1S/C17H24N2O/c1-12(2)14-7-5-13(6-8-14)10-19-11-16-15(17(19)20)4-3-9-18-16/h5-8,12,15-16,18H,3-4,9-11H2,1-2H3. The molecule has 3 nitrogen and oxygen atoms in total. The van der Waals surface area contributed by atoms with Crippen molar-refractivity contribution in [1.82, 2.24) is 10.2 Å². The Labute approximate surface area is 121 Å². The van der Waals surface area contributed by atoms with Gasteiger partial charge in [0.05, 0.1) is 5.92 Å². The van der Waals surface area contributed by atoms with Crippen molar-refractivity contribution in [2.24, 2.45) is 5.92 Å². The molecule has 1 aromatic rings. The van der Waals surface area contributed by atoms with Crippen LogP contribution in [0.5, 0.6) is 0 Å². The molecular weight excluding hydrogens is 248 g/mol. The van der Waals surface area contributed by atoms with Crippen LogP contribution in [0.3, 0.4) is 0 Å². The minimum Gasteiger partial charge on any atom is -0.336 e. The summed E-state index contributed by atoms with van der Waals surface area (Å²) in [5, 5.41) is 3.49. The third kappa shape index (κ3) is 2.59. The lowest BCUT2D eigenvalue weighted by Gasteiger charge is -2.23. The highest BCUT2D eigenvalue weighted by atomic mass is 16.2. The highest BCUT2D eigenvalue weighted by Crippen LogP contribution is 2.27. The molecule has 2 unspecified atom stereocenters. The van der Waals surface area contributed by atoms with E-state index in [1.54, 1.807) is 0 Å². The molecule has 0 radical (unpaired) electrons. The lowest BCUT2D eigenvalue weighted by Crippen LogP contribution is -2.41. The number of benzene rings is 1. The van der Waals surface area contributed by atoms with Crippen LogP contribution in [0.25, 0.3) is 0 Å². The van der Waals surface area contributed by atoms with Gasteiger partial charge in [0.1, 0.15) is 0 Å². The van der Waals surface area contributed by atoms with Crippen LogP contribution in [0, 0.1) is 5.92 Å². The highest BCUT2D eigenvalue weighted by Gasteiger charge is 2.41. The number of likely N-dealkylation sites (tertiary alicyclic amines) is 1. The van der Waals surface area contributed by atoms with E-state index < -0.39 is 0 Å². The van der Waals surface area contributed by atoms with E-state index in [0.29, 0.717) is 17.9 Å². The Morgan fingerprint density at radius 2 is 2.05 bits per heavy atom. The van der Waals surface area contributed by atoms with Crippen molar-refractivity contribution in [3.05, 3.63) is 35.4 Å². The first kappa shape index (κ1) is 13.6. The zero-order chi connectivity index (χ0) is 14.1. The van der Waals surface area contributed by atoms with Crippen molar-refractivity contribution in [1.29, 1.82) is 0 Å². The average Bonchev–Trinajstić information content (AvgIpc) is 2.77. The molecule has 0 aromatic heterocycles. The molecule has 3 rings (SSSR count). The second-order valence-corrected chi connectivity index (χ2v) is 6.42. The van der Waals surface area contributed by atoms with Crippen molar-refractivity contribution < 1.29 is 4.79 Å². The second kappa shape index (κ2) is 5.57. The monoisotopic (exact) mass is 272 g/mol. The lowest BCUT2D eigenvalue weighted by atomic mass is 9.94. The van der Waals surface area contributed by atoms with Gasteiger partial charge in [0.15, 0.2) is 0 Å². The number of carbonyl (C=O) groups is 1. The number of hydrogen-bond donors (Lipinski definition) is 1. The molecule has 108 valence electrons. The highest BCUT2D eigenvalue weighted by molar-refractivity contribution is 5.82. The van der Waals surface area contributed by atoms with Crippen LogP contribution >= 0.6 is 0 Å². The summed E-state index contributed by atoms with van der Waals surface area (Å²) in [6.45, 7) is 7.09. The fourth-order valence-corrected chi connectivity index (χ4v) is 3.37. The first-order valence-corrected chi connectivity index (χ1v) is 7.76. The zero-order valence-corrected chi connectivity index (χ0v) is 12.4. The van der Waals surface area contributed by atoms with Crippen molar-refractivity contribution >= 4 is 5.91 Å². The van der Waals surface area contributed by atoms with E-state index in [1.165, 1.54) is 11.1 Å². The van der Waals surface area contributed by atoms with Gasteiger partial charge in [-0.05, 0) is 36.4 Å². The van der Waals surface area contributed by atoms with E-state index in [-0.39, 0.29) is 5.92 Å². The van der Waals surface area contributed by atoms with Crippen LogP contribution in [0.2, 0.25) is 0 Å². The number of piperidine rings is 1. The fourth-order valence-electron chi connectivity index (χ4n) is 3.37. The summed E-state index contributed by atoms with van der Waals surface area (Å²) in [6, 6.07) is 9.08. The van der Waals surface area contributed by atoms with Crippen LogP contribution in [-0.2, 0) is 11.3 Å². The molecule has 0 aliphatic carbocycles. The Morgan fingerprint density at radius 3 is 2.70 bits per heavy atom. The summed E-state index contributed by atoms with van der Waals surface area (Å²) in [6.07, 6.45) is 2.18. The van der Waals surface area contributed by atoms with E-state index in [4.69, 9.17) is 0 Å². The van der Waals surface area contributed by atoms with Gasteiger partial charge >= 0.3 is 0 Å². The molecule has 20 heavy (non-hydrogen) atoms. The summed E-state index contributed by atoms with van der Waals surface area (Å²) in [5.74, 6) is 1.12. The number of rotatable bonds is 3. The number of hydrogen-bond acceptors (Lipinski definition) is 2. The first-order valence-electron chi connectivity index (χ1n) is 7.76. The SMILES string of the molecule is CC(C)c1ccc(CN2CC3NCCCC3C2=O)cc1. The van der Waals surface area contributed by atoms with Gasteiger partial charge in [0.2, 0.25) is 5.91 Å². The van der Waals surface area contributed by atoms with Crippen LogP contribution in [-0.4, -0.2) is 29.9 Å². The molecule has 2 saturated heterocycles. The fraction of sp³-hybridized carbons (Fsp3) is 0.588. The topological polar surface area (TPSA) is 32.3 Å². The van der Waals surface area contributed by atoms with Gasteiger partial charge < -0.3 is 10.2 Å². The molecule has 2 aliphatic rings. The maximum Gasteiger partial charge on any atom is 0.227 e. The molecule has 0 spiro atoms. The van der Waals surface area contributed by atoms with E-state index in [1.807, 2.05) is 4.90 Å². The summed E-state index contributed by atoms with van der Waals surface area (Å²) in [5.41, 5.74) is 2.60. The van der Waals surface area contributed by atoms with Crippen molar-refractivity contribution in [2.75, 3.05) is 13.1 Å². The number of carbonyl (C=O) groups excluding carboxylic acids is 1. The lowest BCUT2D eigenvalue weighted by molar-refractivity contribution is -0.131. The summed E-state index contributed by atoms with van der Waals surface area (Å²) >= 11 is 0. The normalized spacial score (nSPS) is 26.1. The van der Waals surface area contributed by atoms with Crippen molar-refractivity contribution in [3.63, 3.8) is 0 Å². The van der Waals surface area contributed by atoms with Gasteiger partial charge in [-0.25, -0.2) is 0 Å². The van der Waals surface area contributed by atoms with Gasteiger partial charge in [-0.15, -0.1) is 0 Å². The maximum absolute atomic E-state index is 12.4. The molecule has 2 atom stereocenters. The molecule has 2 aliphatic heterocycles. The molecule has 0 bridgehead atoms. The molecular formula is C17H24N2O. The average molecular weight is 272 g/mol. The van der Waals surface area contributed by atoms with E-state index >= 15 is 0 Å². The van der Waals surface area contributed by atoms with E-state index in [2.05, 4.69) is 43.4 Å². The summed E-state index contributed by atoms with van der Waals surface area (Å²) in [7, 11) is 0. The van der Waals surface area contributed by atoms with Crippen LogP contribution in [0.4, 0.5) is 0 Å². The Morgan fingerprint density at radius 1 is 1.30 bits per heavy atom. The Balaban J connectivity index is 1.67. The maximum atomic E-state index is 12.4. The van der Waals surface area contributed by atoms with Crippen LogP contribution < -0.4 is 5.32 Å². The zero-order valence-electron chi connectivity index (χ0n) is 12.4. The molecule has 1 N–H and O–H groups in total. The number of nitrogens with one attached hydrogen (secondary N) is 1. The smallest absolute Gasteiger partial charge is 0.227 e. The molecule has 1 aromatic carbocycles. The third-order valence-corrected chi connectivity index (χ3v) is 4.65. The quantitative estimate of drug-likeness (QED) is 0.917. The van der Waals surface area contributed by atoms with Gasteiger partial charge in [0, 0.05) is 19.1 Å². The van der Waals surface area contributed by atoms with Crippen molar-refractivity contribution in [3.8, 4) is 0 Å². The second-order valence-electron chi connectivity index (χ2n) is 6.42. The van der Waals surface area contributed by atoms with Gasteiger partial charge in [-0.3, -0.25) is 4.79 Å². The van der Waals surface area contributed by atoms with Crippen LogP contribution in [0.1, 0.15) is 43.7 Å². The van der Waals surface area contributed by atoms with Gasteiger partial charge in [-0.2, -0.15) is 0 Å². The largest absolute Gasteiger partial charge is 0.336 e. The number of amides is 1. The van der Waals surface area contributed by atoms with E-state index in [0.717, 1.165) is 32.5 Å². The molecule has 0 saturated carbocycles. The number of nitrogens with zero attached hydrogens (tertiary/aromatic N) is 1. The predicted molar refractivity (Wildman–Crippen MR) is 80.5 cm³/mol. The molecule has 2 fully saturated rings. The molecule has 1 amide bonds. The molecule has 2 heterocycles. The summed E-state index contributed by atoms with van der Waals surface area (Å²) < 4.78 is 0. The van der Waals surface area contributed by atoms with Gasteiger partial charge in [0.25, 0.3) is 0 Å². The number of fused-ring (bicyclic) bond motifs is 1. The Bertz CT molecular complexity index is 480. The van der Waals surface area contributed by atoms with Gasteiger partial charge in [-0.1, -0.05) is 38.1 Å². The van der Waals surface area contributed by atoms with E-state index in [9.17, 15) is 4.79 Å². The third-order valence-electron chi connectivity index (χ3n) is 4.65.